The summed E-state index contributed by atoms with van der Waals surface area (Å²) in [6.07, 6.45) is 2.51. The SMILES string of the molecule is O=C(O)/C=C/c1cccc(C(=O)c2ccccc2)c1. The van der Waals surface area contributed by atoms with Gasteiger partial charge in [0.2, 0.25) is 0 Å². The molecule has 0 heterocycles. The first-order valence-corrected chi connectivity index (χ1v) is 5.77. The first kappa shape index (κ1) is 12.8. The largest absolute Gasteiger partial charge is 0.478 e. The highest BCUT2D eigenvalue weighted by Crippen LogP contribution is 2.12. The molecule has 0 bridgehead atoms. The zero-order valence-electron chi connectivity index (χ0n) is 10.1. The average molecular weight is 252 g/mol. The standard InChI is InChI=1S/C16H12O3/c17-15(18)10-9-12-5-4-8-14(11-12)16(19)13-6-2-1-3-7-13/h1-11H,(H,17,18)/b10-9+. The Hall–Kier alpha value is -2.68. The molecule has 0 unspecified atom stereocenters. The topological polar surface area (TPSA) is 54.4 Å². The molecule has 19 heavy (non-hydrogen) atoms. The van der Waals surface area contributed by atoms with Crippen molar-refractivity contribution in [3.8, 4) is 0 Å². The van der Waals surface area contributed by atoms with Gasteiger partial charge in [-0.2, -0.15) is 0 Å². The van der Waals surface area contributed by atoms with Crippen LogP contribution in [0.3, 0.4) is 0 Å². The van der Waals surface area contributed by atoms with Crippen molar-refractivity contribution >= 4 is 17.8 Å². The van der Waals surface area contributed by atoms with Gasteiger partial charge in [-0.05, 0) is 17.7 Å². The lowest BCUT2D eigenvalue weighted by Gasteiger charge is -2.02. The van der Waals surface area contributed by atoms with E-state index in [-0.39, 0.29) is 5.78 Å². The molecule has 0 amide bonds. The summed E-state index contributed by atoms with van der Waals surface area (Å²) in [5.41, 5.74) is 1.84. The van der Waals surface area contributed by atoms with Crippen molar-refractivity contribution in [1.82, 2.24) is 0 Å². The first-order chi connectivity index (χ1) is 9.16. The molecule has 0 atom stereocenters. The van der Waals surface area contributed by atoms with Crippen LogP contribution in [0.1, 0.15) is 21.5 Å². The van der Waals surface area contributed by atoms with Gasteiger partial charge in [-0.15, -0.1) is 0 Å². The van der Waals surface area contributed by atoms with Crippen molar-refractivity contribution in [2.24, 2.45) is 0 Å². The molecule has 0 saturated heterocycles. The Morgan fingerprint density at radius 1 is 0.895 bits per heavy atom. The van der Waals surface area contributed by atoms with Crippen molar-refractivity contribution in [2.75, 3.05) is 0 Å². The Balaban J connectivity index is 2.29. The molecule has 0 spiro atoms. The fraction of sp³-hybridized carbons (Fsp3) is 0. The molecule has 0 aliphatic rings. The molecular formula is C16H12O3. The molecular weight excluding hydrogens is 240 g/mol. The van der Waals surface area contributed by atoms with Crippen molar-refractivity contribution in [1.29, 1.82) is 0 Å². The summed E-state index contributed by atoms with van der Waals surface area (Å²) in [4.78, 5) is 22.7. The molecule has 0 aliphatic heterocycles. The minimum absolute atomic E-state index is 0.0776. The molecule has 2 aromatic rings. The van der Waals surface area contributed by atoms with Gasteiger partial charge in [-0.1, -0.05) is 48.5 Å². The highest BCUT2D eigenvalue weighted by Gasteiger charge is 2.08. The summed E-state index contributed by atoms with van der Waals surface area (Å²) in [5.74, 6) is -1.09. The lowest BCUT2D eigenvalue weighted by Crippen LogP contribution is -2.00. The summed E-state index contributed by atoms with van der Waals surface area (Å²) in [6, 6.07) is 15.8. The molecule has 1 N–H and O–H groups in total. The lowest BCUT2D eigenvalue weighted by molar-refractivity contribution is -0.131. The second-order valence-corrected chi connectivity index (χ2v) is 3.99. The summed E-state index contributed by atoms with van der Waals surface area (Å²) in [5, 5.41) is 8.58. The number of aliphatic carboxylic acids is 1. The normalized spacial score (nSPS) is 10.5. The third kappa shape index (κ3) is 3.39. The summed E-state index contributed by atoms with van der Waals surface area (Å²) in [6.45, 7) is 0. The van der Waals surface area contributed by atoms with Crippen LogP contribution in [0.15, 0.2) is 60.7 Å². The fourth-order valence-electron chi connectivity index (χ4n) is 1.71. The van der Waals surface area contributed by atoms with E-state index in [1.807, 2.05) is 6.07 Å². The lowest BCUT2D eigenvalue weighted by atomic mass is 10.0. The third-order valence-corrected chi connectivity index (χ3v) is 2.60. The van der Waals surface area contributed by atoms with E-state index in [1.165, 1.54) is 6.08 Å². The van der Waals surface area contributed by atoms with E-state index in [0.717, 1.165) is 6.08 Å². The summed E-state index contributed by atoms with van der Waals surface area (Å²) in [7, 11) is 0. The maximum absolute atomic E-state index is 12.2. The number of hydrogen-bond acceptors (Lipinski definition) is 2. The van der Waals surface area contributed by atoms with Gasteiger partial charge in [0.1, 0.15) is 0 Å². The molecule has 3 nitrogen and oxygen atoms in total. The zero-order valence-corrected chi connectivity index (χ0v) is 10.1. The van der Waals surface area contributed by atoms with Gasteiger partial charge < -0.3 is 5.11 Å². The molecule has 0 saturated carbocycles. The number of carbonyl (C=O) groups excluding carboxylic acids is 1. The van der Waals surface area contributed by atoms with Crippen LogP contribution in [-0.4, -0.2) is 16.9 Å². The molecule has 3 heteroatoms. The Kier molecular flexibility index (Phi) is 3.88. The van der Waals surface area contributed by atoms with Gasteiger partial charge >= 0.3 is 5.97 Å². The van der Waals surface area contributed by atoms with Crippen LogP contribution in [0.5, 0.6) is 0 Å². The zero-order chi connectivity index (χ0) is 13.7. The number of rotatable bonds is 4. The van der Waals surface area contributed by atoms with E-state index in [9.17, 15) is 9.59 Å². The Morgan fingerprint density at radius 3 is 2.26 bits per heavy atom. The van der Waals surface area contributed by atoms with Crippen molar-refractivity contribution in [3.05, 3.63) is 77.4 Å². The van der Waals surface area contributed by atoms with E-state index < -0.39 is 5.97 Å². The smallest absolute Gasteiger partial charge is 0.328 e. The molecule has 2 rings (SSSR count). The maximum Gasteiger partial charge on any atom is 0.328 e. The molecule has 0 fully saturated rings. The van der Waals surface area contributed by atoms with Crippen LogP contribution in [0.25, 0.3) is 6.08 Å². The van der Waals surface area contributed by atoms with Gasteiger partial charge in [-0.25, -0.2) is 4.79 Å². The predicted octanol–water partition coefficient (Wildman–Crippen LogP) is 3.02. The monoisotopic (exact) mass is 252 g/mol. The highest BCUT2D eigenvalue weighted by molar-refractivity contribution is 6.09. The van der Waals surface area contributed by atoms with E-state index >= 15 is 0 Å². The van der Waals surface area contributed by atoms with E-state index in [0.29, 0.717) is 16.7 Å². The number of carbonyl (C=O) groups is 2. The minimum atomic E-state index is -1.01. The van der Waals surface area contributed by atoms with Crippen molar-refractivity contribution in [3.63, 3.8) is 0 Å². The predicted molar refractivity (Wildman–Crippen MR) is 73.0 cm³/mol. The van der Waals surface area contributed by atoms with Gasteiger partial charge in [-0.3, -0.25) is 4.79 Å². The molecule has 0 aliphatic carbocycles. The number of ketones is 1. The molecule has 0 aromatic heterocycles. The average Bonchev–Trinajstić information content (AvgIpc) is 2.45. The van der Waals surface area contributed by atoms with Crippen molar-refractivity contribution < 1.29 is 14.7 Å². The second-order valence-electron chi connectivity index (χ2n) is 3.99. The van der Waals surface area contributed by atoms with Crippen LogP contribution >= 0.6 is 0 Å². The second kappa shape index (κ2) is 5.78. The minimum Gasteiger partial charge on any atom is -0.478 e. The Labute approximate surface area is 110 Å². The summed E-state index contributed by atoms with van der Waals surface area (Å²) < 4.78 is 0. The number of carboxylic acids is 1. The third-order valence-electron chi connectivity index (χ3n) is 2.60. The highest BCUT2D eigenvalue weighted by atomic mass is 16.4. The molecule has 0 radical (unpaired) electrons. The van der Waals surface area contributed by atoms with Crippen LogP contribution in [0.4, 0.5) is 0 Å². The molecule has 2 aromatic carbocycles. The van der Waals surface area contributed by atoms with Crippen LogP contribution < -0.4 is 0 Å². The van der Waals surface area contributed by atoms with E-state index in [1.54, 1.807) is 48.5 Å². The Morgan fingerprint density at radius 2 is 1.58 bits per heavy atom. The quantitative estimate of drug-likeness (QED) is 0.672. The molecule has 94 valence electrons. The van der Waals surface area contributed by atoms with Crippen LogP contribution in [0.2, 0.25) is 0 Å². The maximum atomic E-state index is 12.2. The first-order valence-electron chi connectivity index (χ1n) is 5.77. The summed E-state index contributed by atoms with van der Waals surface area (Å²) >= 11 is 0. The Bertz CT molecular complexity index is 627. The van der Waals surface area contributed by atoms with Gasteiger partial charge in [0.05, 0.1) is 0 Å². The number of benzene rings is 2. The fourth-order valence-corrected chi connectivity index (χ4v) is 1.71. The van der Waals surface area contributed by atoms with Gasteiger partial charge in [0.25, 0.3) is 0 Å². The van der Waals surface area contributed by atoms with Gasteiger partial charge in [0.15, 0.2) is 5.78 Å². The van der Waals surface area contributed by atoms with Crippen LogP contribution in [-0.2, 0) is 4.79 Å². The van der Waals surface area contributed by atoms with Gasteiger partial charge in [0, 0.05) is 17.2 Å². The number of hydrogen-bond donors (Lipinski definition) is 1. The van der Waals surface area contributed by atoms with E-state index in [4.69, 9.17) is 5.11 Å². The van der Waals surface area contributed by atoms with Crippen molar-refractivity contribution in [2.45, 2.75) is 0 Å². The number of carboxylic acid groups (broad SMARTS) is 1. The van der Waals surface area contributed by atoms with E-state index in [2.05, 4.69) is 0 Å². The van der Waals surface area contributed by atoms with Crippen LogP contribution in [0, 0.1) is 0 Å².